The van der Waals surface area contributed by atoms with Crippen LogP contribution >= 0.6 is 0 Å². The van der Waals surface area contributed by atoms with Crippen LogP contribution < -0.4 is 5.32 Å². The Kier molecular flexibility index (Phi) is 3.97. The Bertz CT molecular complexity index is 949. The molecule has 0 saturated carbocycles. The molecule has 0 aliphatic carbocycles. The smallest absolute Gasteiger partial charge is 0.253 e. The maximum atomic E-state index is 12.5. The highest BCUT2D eigenvalue weighted by Gasteiger charge is 2.20. The van der Waals surface area contributed by atoms with E-state index in [1.165, 1.54) is 6.92 Å². The van der Waals surface area contributed by atoms with E-state index >= 15 is 0 Å². The lowest BCUT2D eigenvalue weighted by molar-refractivity contribution is 0.0948. The molecule has 24 heavy (non-hydrogen) atoms. The lowest BCUT2D eigenvalue weighted by atomic mass is 10.1. The van der Waals surface area contributed by atoms with E-state index in [4.69, 9.17) is 0 Å². The first-order chi connectivity index (χ1) is 11.4. The number of Topliss-reactive ketones (excluding diaryl/α,β-unsaturated/α-hetero) is 1. The number of aryl methyl sites for hydroxylation is 2. The van der Waals surface area contributed by atoms with Gasteiger partial charge in [-0.15, -0.1) is 0 Å². The zero-order valence-electron chi connectivity index (χ0n) is 14.2. The molecular formula is C18H20N4O2. The molecule has 1 aromatic carbocycles. The number of ketones is 1. The highest BCUT2D eigenvalue weighted by atomic mass is 16.1. The fraction of sp³-hybridized carbons (Fsp3) is 0.278. The Hall–Kier alpha value is -2.89. The summed E-state index contributed by atoms with van der Waals surface area (Å²) in [6.45, 7) is 5.39. The fourth-order valence-electron chi connectivity index (χ4n) is 3.04. The van der Waals surface area contributed by atoms with Crippen LogP contribution in [-0.2, 0) is 13.6 Å². The number of aromatic nitrogens is 3. The maximum absolute atomic E-state index is 12.5. The van der Waals surface area contributed by atoms with E-state index in [0.717, 1.165) is 16.9 Å². The van der Waals surface area contributed by atoms with Gasteiger partial charge in [0.15, 0.2) is 5.78 Å². The van der Waals surface area contributed by atoms with Crippen LogP contribution in [-0.4, -0.2) is 26.2 Å². The molecule has 0 bridgehead atoms. The number of rotatable bonds is 4. The van der Waals surface area contributed by atoms with Crippen LogP contribution in [0, 0.1) is 13.8 Å². The molecule has 0 aliphatic heterocycles. The Morgan fingerprint density at radius 1 is 1.25 bits per heavy atom. The number of benzene rings is 1. The molecule has 2 aromatic heterocycles. The quantitative estimate of drug-likeness (QED) is 0.724. The van der Waals surface area contributed by atoms with Crippen LogP contribution in [0.2, 0.25) is 0 Å². The average molecular weight is 324 g/mol. The molecule has 0 radical (unpaired) electrons. The van der Waals surface area contributed by atoms with Crippen molar-refractivity contribution in [1.29, 1.82) is 0 Å². The molecule has 0 atom stereocenters. The summed E-state index contributed by atoms with van der Waals surface area (Å²) in [7, 11) is 1.93. The van der Waals surface area contributed by atoms with E-state index < -0.39 is 0 Å². The second-order valence-electron chi connectivity index (χ2n) is 5.94. The SMILES string of the molecule is CC(=O)c1[nH]c(C)c(C(=O)NCc2nc3ccccc3n2C)c1C. The predicted molar refractivity (Wildman–Crippen MR) is 92.2 cm³/mol. The summed E-state index contributed by atoms with van der Waals surface area (Å²) in [5, 5.41) is 2.90. The van der Waals surface area contributed by atoms with Crippen LogP contribution in [0.5, 0.6) is 0 Å². The molecule has 3 rings (SSSR count). The largest absolute Gasteiger partial charge is 0.355 e. The lowest BCUT2D eigenvalue weighted by Crippen LogP contribution is -2.25. The van der Waals surface area contributed by atoms with Crippen molar-refractivity contribution in [3.05, 3.63) is 52.6 Å². The molecule has 0 fully saturated rings. The number of nitrogens with one attached hydrogen (secondary N) is 2. The first kappa shape index (κ1) is 16.0. The number of amides is 1. The number of hydrogen-bond donors (Lipinski definition) is 2. The van der Waals surface area contributed by atoms with Gasteiger partial charge in [-0.1, -0.05) is 12.1 Å². The third-order valence-corrected chi connectivity index (χ3v) is 4.30. The summed E-state index contributed by atoms with van der Waals surface area (Å²) < 4.78 is 1.97. The topological polar surface area (TPSA) is 79.8 Å². The standard InChI is InChI=1S/C18H20N4O2/c1-10-16(11(2)20-17(10)12(3)23)18(24)19-9-15-21-13-7-5-6-8-14(13)22(15)4/h5-8,20H,9H2,1-4H3,(H,19,24). The van der Waals surface area contributed by atoms with Crippen molar-refractivity contribution in [2.75, 3.05) is 0 Å². The summed E-state index contributed by atoms with van der Waals surface area (Å²) in [6, 6.07) is 7.84. The number of aromatic amines is 1. The monoisotopic (exact) mass is 324 g/mol. The molecule has 2 N–H and O–H groups in total. The minimum Gasteiger partial charge on any atom is -0.355 e. The number of para-hydroxylation sites is 2. The van der Waals surface area contributed by atoms with Crippen molar-refractivity contribution < 1.29 is 9.59 Å². The first-order valence-electron chi connectivity index (χ1n) is 7.78. The van der Waals surface area contributed by atoms with E-state index in [9.17, 15) is 9.59 Å². The van der Waals surface area contributed by atoms with Crippen LogP contribution in [0.15, 0.2) is 24.3 Å². The minimum absolute atomic E-state index is 0.0787. The molecule has 3 aromatic rings. The van der Waals surface area contributed by atoms with Gasteiger partial charge >= 0.3 is 0 Å². The number of carbonyl (C=O) groups excluding carboxylic acids is 2. The molecule has 1 amide bonds. The van der Waals surface area contributed by atoms with Gasteiger partial charge in [0.2, 0.25) is 0 Å². The van der Waals surface area contributed by atoms with Crippen molar-refractivity contribution >= 4 is 22.7 Å². The van der Waals surface area contributed by atoms with Gasteiger partial charge in [-0.3, -0.25) is 9.59 Å². The predicted octanol–water partition coefficient (Wildman–Crippen LogP) is 2.65. The number of H-pyrrole nitrogens is 1. The molecule has 0 spiro atoms. The van der Waals surface area contributed by atoms with E-state index in [-0.39, 0.29) is 11.7 Å². The normalized spacial score (nSPS) is 11.0. The van der Waals surface area contributed by atoms with E-state index in [1.807, 2.05) is 35.9 Å². The number of fused-ring (bicyclic) bond motifs is 1. The van der Waals surface area contributed by atoms with Crippen molar-refractivity contribution in [1.82, 2.24) is 19.9 Å². The molecule has 0 saturated heterocycles. The summed E-state index contributed by atoms with van der Waals surface area (Å²) in [4.78, 5) is 31.7. The van der Waals surface area contributed by atoms with Gasteiger partial charge in [-0.05, 0) is 31.5 Å². The Balaban J connectivity index is 1.83. The van der Waals surface area contributed by atoms with Gasteiger partial charge in [0.1, 0.15) is 5.82 Å². The second-order valence-corrected chi connectivity index (χ2v) is 5.94. The van der Waals surface area contributed by atoms with E-state index in [1.54, 1.807) is 13.8 Å². The molecule has 6 heteroatoms. The van der Waals surface area contributed by atoms with Gasteiger partial charge in [0.25, 0.3) is 5.91 Å². The molecule has 6 nitrogen and oxygen atoms in total. The maximum Gasteiger partial charge on any atom is 0.253 e. The zero-order chi connectivity index (χ0) is 17.4. The van der Waals surface area contributed by atoms with Crippen LogP contribution in [0.1, 0.15) is 44.9 Å². The van der Waals surface area contributed by atoms with Crippen molar-refractivity contribution in [3.8, 4) is 0 Å². The van der Waals surface area contributed by atoms with Crippen molar-refractivity contribution in [2.45, 2.75) is 27.3 Å². The van der Waals surface area contributed by atoms with Crippen molar-refractivity contribution in [3.63, 3.8) is 0 Å². The third-order valence-electron chi connectivity index (χ3n) is 4.30. The lowest BCUT2D eigenvalue weighted by Gasteiger charge is -2.06. The Morgan fingerprint density at radius 2 is 1.96 bits per heavy atom. The van der Waals surface area contributed by atoms with Gasteiger partial charge in [0, 0.05) is 19.7 Å². The van der Waals surface area contributed by atoms with Gasteiger partial charge in [0.05, 0.1) is 28.8 Å². The number of imidazole rings is 1. The Morgan fingerprint density at radius 3 is 2.58 bits per heavy atom. The summed E-state index contributed by atoms with van der Waals surface area (Å²) in [5.74, 6) is 0.494. The summed E-state index contributed by atoms with van der Waals surface area (Å²) >= 11 is 0. The molecular weight excluding hydrogens is 304 g/mol. The number of hydrogen-bond acceptors (Lipinski definition) is 3. The fourth-order valence-corrected chi connectivity index (χ4v) is 3.04. The van der Waals surface area contributed by atoms with Crippen LogP contribution in [0.3, 0.4) is 0 Å². The van der Waals surface area contributed by atoms with Crippen molar-refractivity contribution in [2.24, 2.45) is 7.05 Å². The third kappa shape index (κ3) is 2.60. The summed E-state index contributed by atoms with van der Waals surface area (Å²) in [5.41, 5.74) is 4.31. The van der Waals surface area contributed by atoms with Crippen LogP contribution in [0.25, 0.3) is 11.0 Å². The second kappa shape index (κ2) is 5.96. The zero-order valence-corrected chi connectivity index (χ0v) is 14.2. The molecule has 124 valence electrons. The highest BCUT2D eigenvalue weighted by molar-refractivity contribution is 6.02. The Labute approximate surface area is 139 Å². The highest BCUT2D eigenvalue weighted by Crippen LogP contribution is 2.19. The summed E-state index contributed by atoms with van der Waals surface area (Å²) in [6.07, 6.45) is 0. The van der Waals surface area contributed by atoms with Gasteiger partial charge in [-0.25, -0.2) is 4.98 Å². The average Bonchev–Trinajstić information content (AvgIpc) is 3.02. The van der Waals surface area contributed by atoms with E-state index in [2.05, 4.69) is 15.3 Å². The van der Waals surface area contributed by atoms with Gasteiger partial charge < -0.3 is 14.9 Å². The molecule has 0 aliphatic rings. The van der Waals surface area contributed by atoms with Crippen LogP contribution in [0.4, 0.5) is 0 Å². The van der Waals surface area contributed by atoms with E-state index in [0.29, 0.717) is 29.1 Å². The number of carbonyl (C=O) groups is 2. The minimum atomic E-state index is -0.208. The van der Waals surface area contributed by atoms with Gasteiger partial charge in [-0.2, -0.15) is 0 Å². The first-order valence-corrected chi connectivity index (χ1v) is 7.78. The molecule has 2 heterocycles. The molecule has 0 unspecified atom stereocenters. The number of nitrogens with zero attached hydrogens (tertiary/aromatic N) is 2.